The Balaban J connectivity index is 1.47. The monoisotopic (exact) mass is 278 g/mol. The van der Waals surface area contributed by atoms with Crippen molar-refractivity contribution >= 4 is 28.9 Å². The van der Waals surface area contributed by atoms with Crippen LogP contribution in [0, 0.1) is 0 Å². The minimum Gasteiger partial charge on any atom is -0.350 e. The maximum Gasteiger partial charge on any atom is 0.268 e. The Morgan fingerprint density at radius 2 is 2.32 bits per heavy atom. The van der Waals surface area contributed by atoms with Crippen LogP contribution >= 0.6 is 11.3 Å². The summed E-state index contributed by atoms with van der Waals surface area (Å²) >= 11 is 1.75. The number of hydrazone groups is 1. The first-order chi connectivity index (χ1) is 9.22. The molecule has 0 radical (unpaired) electrons. The number of amides is 2. The Morgan fingerprint density at radius 1 is 1.42 bits per heavy atom. The molecule has 0 aromatic carbocycles. The summed E-state index contributed by atoms with van der Waals surface area (Å²) in [4.78, 5) is 28.6. The van der Waals surface area contributed by atoms with Gasteiger partial charge in [0.1, 0.15) is 5.71 Å². The smallest absolute Gasteiger partial charge is 0.268 e. The molecule has 1 aliphatic heterocycles. The quantitative estimate of drug-likeness (QED) is 0.823. The van der Waals surface area contributed by atoms with Crippen LogP contribution in [0.2, 0.25) is 0 Å². The van der Waals surface area contributed by atoms with E-state index in [2.05, 4.69) is 20.8 Å². The molecule has 2 amide bonds. The van der Waals surface area contributed by atoms with Crippen molar-refractivity contribution in [3.63, 3.8) is 0 Å². The van der Waals surface area contributed by atoms with Crippen molar-refractivity contribution in [2.75, 3.05) is 6.54 Å². The van der Waals surface area contributed by atoms with E-state index in [1.165, 1.54) is 17.0 Å². The van der Waals surface area contributed by atoms with Crippen LogP contribution in [0.4, 0.5) is 0 Å². The van der Waals surface area contributed by atoms with Crippen LogP contribution in [-0.2, 0) is 28.9 Å². The van der Waals surface area contributed by atoms with Crippen LogP contribution < -0.4 is 10.7 Å². The average Bonchev–Trinajstić information content (AvgIpc) is 3.03. The van der Waals surface area contributed by atoms with Gasteiger partial charge in [-0.25, -0.2) is 10.4 Å². The number of fused-ring (bicyclic) bond motifs is 1. The number of carbonyl (C=O) groups is 2. The molecule has 3 rings (SSSR count). The molecule has 0 saturated carbocycles. The van der Waals surface area contributed by atoms with Crippen molar-refractivity contribution < 1.29 is 9.59 Å². The van der Waals surface area contributed by atoms with Crippen LogP contribution in [-0.4, -0.2) is 29.1 Å². The van der Waals surface area contributed by atoms with Gasteiger partial charge in [0.05, 0.1) is 17.1 Å². The average molecular weight is 278 g/mol. The number of rotatable bonds is 4. The first-order valence-electron chi connectivity index (χ1n) is 6.33. The van der Waals surface area contributed by atoms with Crippen LogP contribution in [0.3, 0.4) is 0 Å². The summed E-state index contributed by atoms with van der Waals surface area (Å²) in [5, 5.41) is 7.51. The van der Waals surface area contributed by atoms with Crippen molar-refractivity contribution in [1.29, 1.82) is 0 Å². The molecule has 1 aromatic rings. The van der Waals surface area contributed by atoms with Gasteiger partial charge in [-0.3, -0.25) is 9.59 Å². The number of nitrogens with one attached hydrogen (secondary N) is 2. The van der Waals surface area contributed by atoms with Gasteiger partial charge in [-0.2, -0.15) is 5.10 Å². The SMILES string of the molecule is O=C1CC(C(=O)NCCc2nc3c(s2)CCC3)=NN1. The van der Waals surface area contributed by atoms with Crippen molar-refractivity contribution in [1.82, 2.24) is 15.7 Å². The maximum atomic E-state index is 11.7. The summed E-state index contributed by atoms with van der Waals surface area (Å²) in [6.07, 6.45) is 4.24. The molecule has 6 nitrogen and oxygen atoms in total. The topological polar surface area (TPSA) is 83.5 Å². The van der Waals surface area contributed by atoms with E-state index >= 15 is 0 Å². The molecule has 2 heterocycles. The summed E-state index contributed by atoms with van der Waals surface area (Å²) in [5.74, 6) is -0.510. The number of hydrogen-bond donors (Lipinski definition) is 2. The van der Waals surface area contributed by atoms with Gasteiger partial charge in [-0.05, 0) is 19.3 Å². The van der Waals surface area contributed by atoms with Gasteiger partial charge in [-0.15, -0.1) is 11.3 Å². The summed E-state index contributed by atoms with van der Waals surface area (Å²) in [7, 11) is 0. The third-order valence-electron chi connectivity index (χ3n) is 3.17. The number of aromatic nitrogens is 1. The highest BCUT2D eigenvalue weighted by atomic mass is 32.1. The summed E-state index contributed by atoms with van der Waals surface area (Å²) in [6, 6.07) is 0. The molecule has 7 heteroatoms. The van der Waals surface area contributed by atoms with Gasteiger partial charge < -0.3 is 5.32 Å². The van der Waals surface area contributed by atoms with E-state index in [1.54, 1.807) is 11.3 Å². The third-order valence-corrected chi connectivity index (χ3v) is 4.39. The molecular formula is C12H14N4O2S. The minimum absolute atomic E-state index is 0.0668. The first-order valence-corrected chi connectivity index (χ1v) is 7.15. The lowest BCUT2D eigenvalue weighted by atomic mass is 10.2. The highest BCUT2D eigenvalue weighted by molar-refractivity contribution is 7.11. The Labute approximate surface area is 114 Å². The second kappa shape index (κ2) is 5.08. The van der Waals surface area contributed by atoms with Gasteiger partial charge in [-0.1, -0.05) is 0 Å². The fourth-order valence-corrected chi connectivity index (χ4v) is 3.38. The molecular weight excluding hydrogens is 264 g/mol. The molecule has 1 aliphatic carbocycles. The van der Waals surface area contributed by atoms with E-state index in [1.807, 2.05) is 0 Å². The number of hydrogen-bond acceptors (Lipinski definition) is 5. The van der Waals surface area contributed by atoms with E-state index in [9.17, 15) is 9.59 Å². The molecule has 0 bridgehead atoms. The van der Waals surface area contributed by atoms with Crippen molar-refractivity contribution in [2.45, 2.75) is 32.1 Å². The molecule has 1 aromatic heterocycles. The molecule has 2 N–H and O–H groups in total. The Morgan fingerprint density at radius 3 is 3.05 bits per heavy atom. The largest absolute Gasteiger partial charge is 0.350 e. The molecule has 0 spiro atoms. The zero-order valence-electron chi connectivity index (χ0n) is 10.4. The molecule has 100 valence electrons. The highest BCUT2D eigenvalue weighted by Crippen LogP contribution is 2.27. The Kier molecular flexibility index (Phi) is 3.29. The van der Waals surface area contributed by atoms with E-state index in [0.29, 0.717) is 6.54 Å². The molecule has 0 unspecified atom stereocenters. The number of nitrogens with zero attached hydrogens (tertiary/aromatic N) is 2. The van der Waals surface area contributed by atoms with Crippen LogP contribution in [0.15, 0.2) is 5.10 Å². The van der Waals surface area contributed by atoms with E-state index < -0.39 is 0 Å². The van der Waals surface area contributed by atoms with E-state index in [-0.39, 0.29) is 23.9 Å². The highest BCUT2D eigenvalue weighted by Gasteiger charge is 2.21. The minimum atomic E-state index is -0.276. The normalized spacial score (nSPS) is 17.1. The van der Waals surface area contributed by atoms with Gasteiger partial charge in [0.25, 0.3) is 5.91 Å². The van der Waals surface area contributed by atoms with Gasteiger partial charge in [0.15, 0.2) is 0 Å². The second-order valence-corrected chi connectivity index (χ2v) is 5.78. The van der Waals surface area contributed by atoms with Crippen molar-refractivity contribution in [3.05, 3.63) is 15.6 Å². The number of carbonyl (C=O) groups excluding carboxylic acids is 2. The lowest BCUT2D eigenvalue weighted by Crippen LogP contribution is -2.32. The molecule has 2 aliphatic rings. The lowest BCUT2D eigenvalue weighted by molar-refractivity contribution is -0.120. The van der Waals surface area contributed by atoms with Crippen molar-refractivity contribution in [2.24, 2.45) is 5.10 Å². The summed E-state index contributed by atoms with van der Waals surface area (Å²) in [6.45, 7) is 0.526. The third kappa shape index (κ3) is 2.65. The Hall–Kier alpha value is -1.76. The van der Waals surface area contributed by atoms with Gasteiger partial charge >= 0.3 is 0 Å². The van der Waals surface area contributed by atoms with Crippen LogP contribution in [0.25, 0.3) is 0 Å². The summed E-state index contributed by atoms with van der Waals surface area (Å²) in [5.41, 5.74) is 3.76. The zero-order chi connectivity index (χ0) is 13.2. The van der Waals surface area contributed by atoms with E-state index in [0.717, 1.165) is 24.3 Å². The molecule has 0 saturated heterocycles. The zero-order valence-corrected chi connectivity index (χ0v) is 11.2. The fraction of sp³-hybridized carbons (Fsp3) is 0.500. The first kappa shape index (κ1) is 12.3. The number of thiazole rings is 1. The fourth-order valence-electron chi connectivity index (χ4n) is 2.23. The second-order valence-electron chi connectivity index (χ2n) is 4.61. The molecule has 0 atom stereocenters. The standard InChI is InChI=1S/C12H14N4O2S/c17-10-6-8(15-16-10)12(18)13-5-4-11-14-7-2-1-3-9(7)19-11/h1-6H2,(H,13,18)(H,16,17). The van der Waals surface area contributed by atoms with Gasteiger partial charge in [0.2, 0.25) is 5.91 Å². The van der Waals surface area contributed by atoms with Crippen molar-refractivity contribution in [3.8, 4) is 0 Å². The predicted molar refractivity (Wildman–Crippen MR) is 71.0 cm³/mol. The predicted octanol–water partition coefficient (Wildman–Crippen LogP) is 0.166. The lowest BCUT2D eigenvalue weighted by Gasteiger charge is -2.01. The van der Waals surface area contributed by atoms with Gasteiger partial charge in [0, 0.05) is 17.8 Å². The maximum absolute atomic E-state index is 11.7. The van der Waals surface area contributed by atoms with Crippen LogP contribution in [0.5, 0.6) is 0 Å². The molecule has 0 fully saturated rings. The molecule has 19 heavy (non-hydrogen) atoms. The summed E-state index contributed by atoms with van der Waals surface area (Å²) < 4.78 is 0. The van der Waals surface area contributed by atoms with E-state index in [4.69, 9.17) is 0 Å². The van der Waals surface area contributed by atoms with Crippen LogP contribution in [0.1, 0.15) is 28.4 Å². The Bertz CT molecular complexity index is 543. The number of aryl methyl sites for hydroxylation is 2.